The fourth-order valence-corrected chi connectivity index (χ4v) is 2.77. The molecule has 0 unspecified atom stereocenters. The van der Waals surface area contributed by atoms with Gasteiger partial charge in [0.25, 0.3) is 5.69 Å². The molecule has 0 atom stereocenters. The van der Waals surface area contributed by atoms with Crippen LogP contribution in [0.2, 0.25) is 5.02 Å². The second-order valence-electron chi connectivity index (χ2n) is 5.77. The molecule has 1 heterocycles. The van der Waals surface area contributed by atoms with Crippen LogP contribution < -0.4 is 9.47 Å². The van der Waals surface area contributed by atoms with Gasteiger partial charge < -0.3 is 14.2 Å². The van der Waals surface area contributed by atoms with Gasteiger partial charge >= 0.3 is 5.97 Å². The summed E-state index contributed by atoms with van der Waals surface area (Å²) in [4.78, 5) is 26.6. The van der Waals surface area contributed by atoms with Crippen LogP contribution >= 0.6 is 11.6 Å². The predicted molar refractivity (Wildman–Crippen MR) is 107 cm³/mol. The minimum Gasteiger partial charge on any atom is -0.493 e. The van der Waals surface area contributed by atoms with Crippen molar-refractivity contribution in [2.75, 3.05) is 13.7 Å². The molecule has 0 radical (unpaired) electrons. The van der Waals surface area contributed by atoms with Crippen molar-refractivity contribution in [3.63, 3.8) is 0 Å². The Morgan fingerprint density at radius 3 is 2.72 bits per heavy atom. The summed E-state index contributed by atoms with van der Waals surface area (Å²) in [6, 6.07) is 8.92. The summed E-state index contributed by atoms with van der Waals surface area (Å²) in [5.41, 5.74) is 0.792. The highest BCUT2D eigenvalue weighted by Gasteiger charge is 2.26. The van der Waals surface area contributed by atoms with Crippen LogP contribution in [0.15, 0.2) is 59.7 Å². The van der Waals surface area contributed by atoms with Crippen LogP contribution in [0.4, 0.5) is 5.69 Å². The summed E-state index contributed by atoms with van der Waals surface area (Å²) in [7, 11) is 1.50. The smallest absolute Gasteiger partial charge is 0.363 e. The first-order valence-electron chi connectivity index (χ1n) is 8.31. The maximum atomic E-state index is 12.2. The second kappa shape index (κ2) is 8.57. The van der Waals surface area contributed by atoms with Crippen molar-refractivity contribution in [2.24, 2.45) is 4.99 Å². The van der Waals surface area contributed by atoms with Gasteiger partial charge in [0.15, 0.2) is 17.2 Å². The number of esters is 1. The largest absolute Gasteiger partial charge is 0.493 e. The van der Waals surface area contributed by atoms with Crippen LogP contribution in [-0.4, -0.2) is 30.5 Å². The number of ether oxygens (including phenoxy) is 3. The van der Waals surface area contributed by atoms with E-state index in [1.165, 1.54) is 31.4 Å². The molecule has 2 aromatic rings. The second-order valence-corrected chi connectivity index (χ2v) is 6.17. The number of benzene rings is 2. The fourth-order valence-electron chi connectivity index (χ4n) is 2.52. The summed E-state index contributed by atoms with van der Waals surface area (Å²) in [6.45, 7) is 3.92. The van der Waals surface area contributed by atoms with E-state index >= 15 is 0 Å². The minimum absolute atomic E-state index is 0.0287. The highest BCUT2D eigenvalue weighted by atomic mass is 35.5. The SMILES string of the molecule is C=CCOc1ccc(/C=C2\N=C(c3ccc([N+](=O)[O-])cc3Cl)OC2=O)cc1OC. The van der Waals surface area contributed by atoms with Gasteiger partial charge in [-0.15, -0.1) is 0 Å². The Morgan fingerprint density at radius 1 is 1.28 bits per heavy atom. The molecular formula is C20H15ClN2O6. The lowest BCUT2D eigenvalue weighted by molar-refractivity contribution is -0.384. The first-order chi connectivity index (χ1) is 13.9. The van der Waals surface area contributed by atoms with Crippen molar-refractivity contribution in [3.05, 3.63) is 81.0 Å². The monoisotopic (exact) mass is 414 g/mol. The zero-order valence-corrected chi connectivity index (χ0v) is 16.0. The molecule has 1 aliphatic heterocycles. The number of cyclic esters (lactones) is 1. The van der Waals surface area contributed by atoms with Crippen molar-refractivity contribution in [1.82, 2.24) is 0 Å². The summed E-state index contributed by atoms with van der Waals surface area (Å²) in [6.07, 6.45) is 3.14. The Bertz CT molecular complexity index is 1060. The lowest BCUT2D eigenvalue weighted by atomic mass is 10.1. The molecule has 9 heteroatoms. The number of hydrogen-bond acceptors (Lipinski definition) is 7. The maximum Gasteiger partial charge on any atom is 0.363 e. The molecule has 8 nitrogen and oxygen atoms in total. The molecule has 3 rings (SSSR count). The highest BCUT2D eigenvalue weighted by molar-refractivity contribution is 6.34. The number of nitro groups is 1. The number of nitro benzene ring substituents is 1. The van der Waals surface area contributed by atoms with Gasteiger partial charge in [0, 0.05) is 12.1 Å². The van der Waals surface area contributed by atoms with Gasteiger partial charge in [-0.2, -0.15) is 0 Å². The van der Waals surface area contributed by atoms with Gasteiger partial charge in [-0.3, -0.25) is 10.1 Å². The van der Waals surface area contributed by atoms with Crippen LogP contribution in [0, 0.1) is 10.1 Å². The standard InChI is InChI=1S/C20H15ClN2O6/c1-3-8-28-17-7-4-12(10-18(17)27-2)9-16-20(24)29-19(22-16)14-6-5-13(23(25)26)11-15(14)21/h3-7,9-11H,1,8H2,2H3/b16-9-. The third kappa shape index (κ3) is 4.44. The Kier molecular flexibility index (Phi) is 5.94. The van der Waals surface area contributed by atoms with Gasteiger partial charge in [0.05, 0.1) is 22.6 Å². The molecule has 148 valence electrons. The maximum absolute atomic E-state index is 12.2. The Morgan fingerprint density at radius 2 is 2.07 bits per heavy atom. The van der Waals surface area contributed by atoms with E-state index in [9.17, 15) is 14.9 Å². The minimum atomic E-state index is -0.666. The highest BCUT2D eigenvalue weighted by Crippen LogP contribution is 2.31. The van der Waals surface area contributed by atoms with Gasteiger partial charge in [-0.1, -0.05) is 30.3 Å². The molecule has 0 saturated carbocycles. The van der Waals surface area contributed by atoms with E-state index in [4.69, 9.17) is 25.8 Å². The normalized spacial score (nSPS) is 14.3. The first kappa shape index (κ1) is 20.1. The lowest BCUT2D eigenvalue weighted by Crippen LogP contribution is -2.06. The molecule has 0 spiro atoms. The Balaban J connectivity index is 1.91. The van der Waals surface area contributed by atoms with Crippen molar-refractivity contribution >= 4 is 35.2 Å². The molecule has 0 fully saturated rings. The summed E-state index contributed by atoms with van der Waals surface area (Å²) >= 11 is 6.07. The molecule has 0 saturated heterocycles. The van der Waals surface area contributed by atoms with E-state index in [1.807, 2.05) is 0 Å². The van der Waals surface area contributed by atoms with Gasteiger partial charge in [0.2, 0.25) is 5.90 Å². The number of aliphatic imine (C=N–C) groups is 1. The van der Waals surface area contributed by atoms with Crippen LogP contribution in [0.3, 0.4) is 0 Å². The van der Waals surface area contributed by atoms with E-state index in [0.717, 1.165) is 0 Å². The third-order valence-electron chi connectivity index (χ3n) is 3.86. The van der Waals surface area contributed by atoms with E-state index in [1.54, 1.807) is 24.3 Å². The van der Waals surface area contributed by atoms with Crippen LogP contribution in [0.5, 0.6) is 11.5 Å². The van der Waals surface area contributed by atoms with E-state index in [0.29, 0.717) is 23.7 Å². The molecule has 0 amide bonds. The van der Waals surface area contributed by atoms with Crippen LogP contribution in [0.25, 0.3) is 6.08 Å². The average molecular weight is 415 g/mol. The predicted octanol–water partition coefficient (Wildman–Crippen LogP) is 4.17. The molecule has 0 bridgehead atoms. The molecule has 29 heavy (non-hydrogen) atoms. The Hall–Kier alpha value is -3.65. The number of carbonyl (C=O) groups excluding carboxylic acids is 1. The molecular weight excluding hydrogens is 400 g/mol. The van der Waals surface area contributed by atoms with Crippen molar-refractivity contribution in [1.29, 1.82) is 0 Å². The third-order valence-corrected chi connectivity index (χ3v) is 4.17. The van der Waals surface area contributed by atoms with Gasteiger partial charge in [0.1, 0.15) is 6.61 Å². The first-order valence-corrected chi connectivity index (χ1v) is 8.69. The molecule has 2 aromatic carbocycles. The molecule has 1 aliphatic rings. The van der Waals surface area contributed by atoms with Gasteiger partial charge in [-0.05, 0) is 29.8 Å². The molecule has 0 aromatic heterocycles. The number of methoxy groups -OCH3 is 1. The van der Waals surface area contributed by atoms with Crippen molar-refractivity contribution < 1.29 is 23.9 Å². The lowest BCUT2D eigenvalue weighted by Gasteiger charge is -2.09. The van der Waals surface area contributed by atoms with Gasteiger partial charge in [-0.25, -0.2) is 9.79 Å². The average Bonchev–Trinajstić information content (AvgIpc) is 3.06. The van der Waals surface area contributed by atoms with Crippen LogP contribution in [0.1, 0.15) is 11.1 Å². The van der Waals surface area contributed by atoms with Crippen LogP contribution in [-0.2, 0) is 9.53 Å². The summed E-state index contributed by atoms with van der Waals surface area (Å²) in [5, 5.41) is 10.9. The Labute approximate surface area is 170 Å². The zero-order valence-electron chi connectivity index (χ0n) is 15.3. The fraction of sp³-hybridized carbons (Fsp3) is 0.100. The quantitative estimate of drug-likeness (QED) is 0.221. The number of non-ortho nitro benzene ring substituents is 1. The van der Waals surface area contributed by atoms with E-state index in [2.05, 4.69) is 11.6 Å². The van der Waals surface area contributed by atoms with E-state index in [-0.39, 0.29) is 27.9 Å². The van der Waals surface area contributed by atoms with E-state index < -0.39 is 10.9 Å². The zero-order chi connectivity index (χ0) is 21.0. The summed E-state index contributed by atoms with van der Waals surface area (Å²) in [5.74, 6) is 0.319. The summed E-state index contributed by atoms with van der Waals surface area (Å²) < 4.78 is 16.0. The number of nitrogens with zero attached hydrogens (tertiary/aromatic N) is 2. The number of halogens is 1. The number of hydrogen-bond donors (Lipinski definition) is 0. The molecule has 0 aliphatic carbocycles. The topological polar surface area (TPSA) is 100 Å². The van der Waals surface area contributed by atoms with Crippen molar-refractivity contribution in [3.8, 4) is 11.5 Å². The number of rotatable bonds is 7. The number of carbonyl (C=O) groups is 1. The van der Waals surface area contributed by atoms with Crippen molar-refractivity contribution in [2.45, 2.75) is 0 Å². The molecule has 0 N–H and O–H groups in total.